The maximum absolute atomic E-state index is 15.6. The van der Waals surface area contributed by atoms with Crippen LogP contribution in [0.25, 0.3) is 75.7 Å². The van der Waals surface area contributed by atoms with Gasteiger partial charge in [0.25, 0.3) is 11.8 Å². The molecule has 2 amide bonds. The van der Waals surface area contributed by atoms with E-state index in [2.05, 4.69) is 218 Å². The van der Waals surface area contributed by atoms with Crippen LogP contribution in [0.1, 0.15) is 318 Å². The van der Waals surface area contributed by atoms with Crippen LogP contribution in [0.4, 0.5) is 0 Å². The predicted octanol–water partition coefficient (Wildman–Crippen LogP) is 27.1. The average Bonchev–Trinajstić information content (AvgIpc) is 1.52. The van der Waals surface area contributed by atoms with Gasteiger partial charge in [0, 0.05) is 73.2 Å². The Morgan fingerprint density at radius 1 is 0.339 bits per heavy atom. The van der Waals surface area contributed by atoms with Crippen molar-refractivity contribution in [1.82, 2.24) is 9.80 Å². The van der Waals surface area contributed by atoms with E-state index < -0.39 is 0 Å². The van der Waals surface area contributed by atoms with Gasteiger partial charge in [-0.25, -0.2) is 0 Å². The Labute approximate surface area is 687 Å². The fourth-order valence-corrected chi connectivity index (χ4v) is 23.0. The van der Waals surface area contributed by atoms with Gasteiger partial charge in [-0.05, 0) is 235 Å². The Morgan fingerprint density at radius 2 is 0.688 bits per heavy atom. The van der Waals surface area contributed by atoms with Crippen LogP contribution in [0, 0.1) is 13.8 Å². The first-order chi connectivity index (χ1) is 54.0. The summed E-state index contributed by atoms with van der Waals surface area (Å²) in [6, 6.07) is 42.1. The molecular formula is C98H120B2N2O6S4. The highest BCUT2D eigenvalue weighted by atomic mass is 32.1. The number of hydrogen-bond donors (Lipinski definition) is 0. The van der Waals surface area contributed by atoms with Crippen LogP contribution in [0.5, 0.6) is 0 Å². The standard InChI is InChI=1S/C78H92N2O2S2.C20H28B2O4S2/c1-7-11-15-19-23-27-41-77(42-28-24-20-16-12-8-2)64-47-53(5)31-34-58(64)62-48-55-39-45-79-73(60(55)51-66(62)77)71-72(76(79)82)74-61-52-67-63(49-56(61)40-46-80(74)75(71)81)59-35-33-57(68-37-38-70(84-68)69-36-32-54(6)83-69)50-65(59)78(67,43-29-25-21-17-13-9-3)44-30-26-22-18-14-10-4;1-17(2)18(3,4)24-21(23-17)15-11-9-13(27-15)14-10-12-16(28-14)22-25-19(5,6)20(7,8)26-22/h31-40,45-52H,7-30,41-44H2,1-6H3;9-12H,1-8H3. The van der Waals surface area contributed by atoms with Crippen LogP contribution in [0.15, 0.2) is 133 Å². The van der Waals surface area contributed by atoms with Crippen LogP contribution >= 0.6 is 45.3 Å². The maximum atomic E-state index is 15.6. The normalized spacial score (nSPS) is 18.3. The Hall–Kier alpha value is -6.45. The van der Waals surface area contributed by atoms with E-state index in [-0.39, 0.29) is 59.3 Å². The zero-order chi connectivity index (χ0) is 78.5. The number of unbranched alkanes of at least 4 members (excludes halogenated alkanes) is 20. The zero-order valence-corrected chi connectivity index (χ0v) is 72.9. The number of amides is 2. The first kappa shape index (κ1) is 80.7. The number of fused-ring (bicyclic) bond motifs is 13. The fraction of sp³-hybridized carbons (Fsp3) is 0.490. The molecule has 8 aromatic rings. The van der Waals surface area contributed by atoms with Crippen LogP contribution in [0.2, 0.25) is 0 Å². The molecule has 0 atom stereocenters. The number of benzene rings is 4. The quantitative estimate of drug-likeness (QED) is 0.0301. The van der Waals surface area contributed by atoms with Gasteiger partial charge in [-0.3, -0.25) is 19.4 Å². The molecule has 10 heterocycles. The molecule has 2 aliphatic carbocycles. The minimum atomic E-state index is -0.325. The molecule has 2 fully saturated rings. The van der Waals surface area contributed by atoms with Crippen molar-refractivity contribution in [2.45, 2.75) is 310 Å². The van der Waals surface area contributed by atoms with E-state index >= 15 is 9.59 Å². The molecule has 8 nitrogen and oxygen atoms in total. The van der Waals surface area contributed by atoms with Gasteiger partial charge in [-0.15, -0.1) is 45.3 Å². The summed E-state index contributed by atoms with van der Waals surface area (Å²) in [4.78, 5) is 42.6. The van der Waals surface area contributed by atoms with Crippen molar-refractivity contribution >= 4 is 104 Å². The van der Waals surface area contributed by atoms with Gasteiger partial charge < -0.3 is 18.6 Å². The first-order valence-corrected chi connectivity index (χ1v) is 46.5. The summed E-state index contributed by atoms with van der Waals surface area (Å²) in [5, 5.41) is 0. The van der Waals surface area contributed by atoms with Crippen molar-refractivity contribution in [2.75, 3.05) is 0 Å². The molecule has 112 heavy (non-hydrogen) atoms. The number of carbonyl (C=O) groups excluding carboxylic acids is 2. The van der Waals surface area contributed by atoms with Gasteiger partial charge in [-0.2, -0.15) is 0 Å². The van der Waals surface area contributed by atoms with Crippen molar-refractivity contribution in [3.63, 3.8) is 0 Å². The smallest absolute Gasteiger partial charge is 0.399 e. The third kappa shape index (κ3) is 15.2. The number of thiophene rings is 4. The van der Waals surface area contributed by atoms with Gasteiger partial charge >= 0.3 is 14.2 Å². The lowest BCUT2D eigenvalue weighted by atomic mass is 9.69. The highest BCUT2D eigenvalue weighted by Gasteiger charge is 2.56. The second-order valence-electron chi connectivity index (χ2n) is 35.6. The number of carbonyl (C=O) groups is 2. The topological polar surface area (TPSA) is 77.5 Å². The van der Waals surface area contributed by atoms with Gasteiger partial charge in [0.15, 0.2) is 0 Å². The van der Waals surface area contributed by atoms with Gasteiger partial charge in [0.2, 0.25) is 0 Å². The SMILES string of the molecule is CC1(C)OB(c2ccc(-c3ccc(B4OC(C)(C)C(C)(C)O4)s3)s2)OC1(C)C.CCCCCCCCC1(CCCCCCCC)c2cc(C)ccc2-c2cc3c(cc21)C1=C2C(=O)N4C=Cc5cc6c(cc5C4=C2C(=O)N1C=C3)C(CCCCCCCC)(CCCCCCCC)c1cc(-c2ccc(-c3ccc(C)s3)s2)ccc1-6. The molecular weight excluding hydrogens is 1450 g/mol. The molecule has 4 aromatic carbocycles. The largest absolute Gasteiger partial charge is 0.505 e. The lowest BCUT2D eigenvalue weighted by Crippen LogP contribution is -2.41. The predicted molar refractivity (Wildman–Crippen MR) is 478 cm³/mol. The molecule has 4 aromatic heterocycles. The van der Waals surface area contributed by atoms with Crippen molar-refractivity contribution < 1.29 is 28.2 Å². The number of hydrogen-bond acceptors (Lipinski definition) is 10. The van der Waals surface area contributed by atoms with E-state index in [1.54, 1.807) is 22.7 Å². The molecule has 0 unspecified atom stereocenters. The number of aryl methyl sites for hydroxylation is 2. The zero-order valence-electron chi connectivity index (χ0n) is 69.6. The molecule has 0 bridgehead atoms. The highest BCUT2D eigenvalue weighted by Crippen LogP contribution is 2.61. The molecule has 8 aliphatic rings. The van der Waals surface area contributed by atoms with Crippen molar-refractivity contribution in [2.24, 2.45) is 0 Å². The molecule has 2 saturated heterocycles. The van der Waals surface area contributed by atoms with Crippen LogP contribution in [-0.2, 0) is 39.0 Å². The molecule has 6 aliphatic heterocycles. The molecule has 588 valence electrons. The summed E-state index contributed by atoms with van der Waals surface area (Å²) in [6.45, 7) is 30.3. The summed E-state index contributed by atoms with van der Waals surface area (Å²) in [5.41, 5.74) is 19.0. The van der Waals surface area contributed by atoms with Gasteiger partial charge in [-0.1, -0.05) is 230 Å². The summed E-state index contributed by atoms with van der Waals surface area (Å²) >= 11 is 7.23. The molecule has 14 heteroatoms. The van der Waals surface area contributed by atoms with Gasteiger partial charge in [0.1, 0.15) is 0 Å². The van der Waals surface area contributed by atoms with E-state index in [1.165, 1.54) is 239 Å². The Balaban J connectivity index is 0.000000296. The second kappa shape index (κ2) is 33.3. The van der Waals surface area contributed by atoms with Crippen LogP contribution in [-0.4, -0.2) is 58.3 Å². The summed E-state index contributed by atoms with van der Waals surface area (Å²) in [5.74, 6) is -0.184. The highest BCUT2D eigenvalue weighted by molar-refractivity contribution is 7.30. The lowest BCUT2D eigenvalue weighted by molar-refractivity contribution is -0.122. The van der Waals surface area contributed by atoms with Gasteiger partial charge in [0.05, 0.1) is 44.9 Å². The maximum Gasteiger partial charge on any atom is 0.505 e. The Bertz CT molecular complexity index is 4810. The first-order valence-electron chi connectivity index (χ1n) is 43.2. The van der Waals surface area contributed by atoms with E-state index in [1.807, 2.05) is 44.9 Å². The van der Waals surface area contributed by atoms with Crippen LogP contribution in [0.3, 0.4) is 0 Å². The van der Waals surface area contributed by atoms with E-state index in [0.717, 1.165) is 68.9 Å². The molecule has 0 N–H and O–H groups in total. The van der Waals surface area contributed by atoms with E-state index in [9.17, 15) is 0 Å². The molecule has 0 saturated carbocycles. The van der Waals surface area contributed by atoms with Crippen LogP contribution < -0.4 is 9.55 Å². The Morgan fingerprint density at radius 3 is 1.10 bits per heavy atom. The summed E-state index contributed by atoms with van der Waals surface area (Å²) in [6.07, 6.45) is 42.8. The lowest BCUT2D eigenvalue weighted by Gasteiger charge is -2.34. The van der Waals surface area contributed by atoms with Crippen molar-refractivity contribution in [3.05, 3.63) is 188 Å². The average molecular weight is 1570 g/mol. The van der Waals surface area contributed by atoms with E-state index in [4.69, 9.17) is 18.6 Å². The van der Waals surface area contributed by atoms with Crippen molar-refractivity contribution in [3.8, 4) is 52.2 Å². The third-order valence-electron chi connectivity index (χ3n) is 26.8. The molecule has 0 spiro atoms. The number of nitrogens with zero attached hydrogens (tertiary/aromatic N) is 2. The molecule has 16 rings (SSSR count). The second-order valence-corrected chi connectivity index (χ2v) is 40.2. The fourth-order valence-electron chi connectivity index (χ4n) is 19.0. The summed E-state index contributed by atoms with van der Waals surface area (Å²) < 4.78 is 26.9. The summed E-state index contributed by atoms with van der Waals surface area (Å²) in [7, 11) is -0.627. The molecule has 0 radical (unpaired) electrons. The monoisotopic (exact) mass is 1570 g/mol. The van der Waals surface area contributed by atoms with E-state index in [0.29, 0.717) is 11.1 Å². The number of rotatable bonds is 33. The third-order valence-corrected chi connectivity index (χ3v) is 31.5. The Kier molecular flexibility index (Phi) is 24.0. The minimum Gasteiger partial charge on any atom is -0.399 e. The van der Waals surface area contributed by atoms with Crippen molar-refractivity contribution in [1.29, 1.82) is 0 Å². The minimum absolute atomic E-state index is 0.0919.